The summed E-state index contributed by atoms with van der Waals surface area (Å²) in [5.74, 6) is -0.237. The quantitative estimate of drug-likeness (QED) is 0.675. The Labute approximate surface area is 189 Å². The topological polar surface area (TPSA) is 109 Å². The Morgan fingerprint density at radius 3 is 2.50 bits per heavy atom. The molecule has 0 unspecified atom stereocenters. The zero-order valence-electron chi connectivity index (χ0n) is 18.5. The molecule has 2 aliphatic heterocycles. The molecule has 0 spiro atoms. The molecule has 0 bridgehead atoms. The summed E-state index contributed by atoms with van der Waals surface area (Å²) in [7, 11) is -3.51. The molecule has 0 aliphatic carbocycles. The van der Waals surface area contributed by atoms with Gasteiger partial charge in [-0.25, -0.2) is 8.42 Å². The van der Waals surface area contributed by atoms with Gasteiger partial charge in [0, 0.05) is 31.2 Å². The summed E-state index contributed by atoms with van der Waals surface area (Å²) < 4.78 is 32.6. The molecule has 1 amide bonds. The lowest BCUT2D eigenvalue weighted by Gasteiger charge is -2.22. The Morgan fingerprint density at radius 1 is 1.09 bits per heavy atom. The van der Waals surface area contributed by atoms with Crippen molar-refractivity contribution in [3.63, 3.8) is 0 Å². The van der Waals surface area contributed by atoms with E-state index in [0.29, 0.717) is 31.2 Å². The maximum atomic E-state index is 12.9. The van der Waals surface area contributed by atoms with Crippen molar-refractivity contribution in [1.29, 1.82) is 0 Å². The number of aromatic nitrogens is 2. The summed E-state index contributed by atoms with van der Waals surface area (Å²) in [4.78, 5) is 19.2. The number of hydrogen-bond acceptors (Lipinski definition) is 7. The monoisotopic (exact) mass is 461 g/mol. The number of nitrogens with zero attached hydrogens (tertiary/aromatic N) is 4. The molecule has 32 heavy (non-hydrogen) atoms. The number of carbonyl (C=O) groups is 1. The second-order valence-corrected chi connectivity index (χ2v) is 10.3. The summed E-state index contributed by atoms with van der Waals surface area (Å²) >= 11 is 0. The van der Waals surface area contributed by atoms with Crippen molar-refractivity contribution in [1.82, 2.24) is 24.7 Å². The first kappa shape index (κ1) is 22.9. The SMILES string of the molecule is CCN1CCC[C@H]1CNC(=O)c1nc(-c2ccc(S(=O)(=O)N3CCCCCC3)cc2)no1. The Bertz CT molecular complexity index is 1010. The van der Waals surface area contributed by atoms with Crippen LogP contribution in [0.4, 0.5) is 0 Å². The zero-order valence-corrected chi connectivity index (χ0v) is 19.3. The van der Waals surface area contributed by atoms with Gasteiger partial charge in [-0.15, -0.1) is 0 Å². The molecule has 2 aliphatic rings. The molecule has 2 fully saturated rings. The number of carbonyl (C=O) groups excluding carboxylic acids is 1. The van der Waals surface area contributed by atoms with Crippen LogP contribution >= 0.6 is 0 Å². The van der Waals surface area contributed by atoms with E-state index in [1.54, 1.807) is 28.6 Å². The lowest BCUT2D eigenvalue weighted by Crippen LogP contribution is -2.40. The lowest BCUT2D eigenvalue weighted by molar-refractivity contribution is 0.0897. The van der Waals surface area contributed by atoms with Gasteiger partial charge in [-0.05, 0) is 63.0 Å². The molecule has 174 valence electrons. The second kappa shape index (κ2) is 10.1. The molecule has 2 aromatic rings. The van der Waals surface area contributed by atoms with Gasteiger partial charge in [0.25, 0.3) is 0 Å². The zero-order chi connectivity index (χ0) is 22.6. The predicted octanol–water partition coefficient (Wildman–Crippen LogP) is 2.52. The number of nitrogens with one attached hydrogen (secondary N) is 1. The van der Waals surface area contributed by atoms with Gasteiger partial charge in [0.05, 0.1) is 4.90 Å². The molecule has 0 saturated carbocycles. The highest BCUT2D eigenvalue weighted by Gasteiger charge is 2.26. The lowest BCUT2D eigenvalue weighted by atomic mass is 10.2. The van der Waals surface area contributed by atoms with Crippen LogP contribution in [0.3, 0.4) is 0 Å². The third kappa shape index (κ3) is 5.02. The van der Waals surface area contributed by atoms with E-state index in [0.717, 1.165) is 51.6 Å². The van der Waals surface area contributed by atoms with Crippen molar-refractivity contribution in [2.24, 2.45) is 0 Å². The van der Waals surface area contributed by atoms with Gasteiger partial charge in [-0.2, -0.15) is 9.29 Å². The highest BCUT2D eigenvalue weighted by atomic mass is 32.2. The molecule has 3 heterocycles. The molecule has 4 rings (SSSR count). The number of benzene rings is 1. The van der Waals surface area contributed by atoms with E-state index in [9.17, 15) is 13.2 Å². The highest BCUT2D eigenvalue weighted by molar-refractivity contribution is 7.89. The van der Waals surface area contributed by atoms with Crippen LogP contribution < -0.4 is 5.32 Å². The molecular weight excluding hydrogens is 430 g/mol. The first-order valence-electron chi connectivity index (χ1n) is 11.5. The van der Waals surface area contributed by atoms with Gasteiger partial charge in [0.1, 0.15) is 0 Å². The fourth-order valence-corrected chi connectivity index (χ4v) is 5.99. The Kier molecular flexibility index (Phi) is 7.22. The van der Waals surface area contributed by atoms with Crippen molar-refractivity contribution in [3.8, 4) is 11.4 Å². The predicted molar refractivity (Wildman–Crippen MR) is 120 cm³/mol. The average molecular weight is 462 g/mol. The first-order valence-corrected chi connectivity index (χ1v) is 12.9. The van der Waals surface area contributed by atoms with Crippen LogP contribution in [-0.2, 0) is 10.0 Å². The van der Waals surface area contributed by atoms with Crippen LogP contribution in [0.25, 0.3) is 11.4 Å². The summed E-state index contributed by atoms with van der Waals surface area (Å²) in [5, 5.41) is 6.77. The van der Waals surface area contributed by atoms with E-state index in [-0.39, 0.29) is 16.6 Å². The minimum absolute atomic E-state index is 0.0951. The Hall–Kier alpha value is -2.30. The van der Waals surface area contributed by atoms with E-state index < -0.39 is 15.9 Å². The molecule has 2 saturated heterocycles. The van der Waals surface area contributed by atoms with E-state index in [1.807, 2.05) is 0 Å². The average Bonchev–Trinajstić information content (AvgIpc) is 3.40. The molecular formula is C22H31N5O4S. The summed E-state index contributed by atoms with van der Waals surface area (Å²) in [6.45, 7) is 5.82. The van der Waals surface area contributed by atoms with Crippen molar-refractivity contribution < 1.29 is 17.7 Å². The fourth-order valence-electron chi connectivity index (χ4n) is 4.47. The van der Waals surface area contributed by atoms with Gasteiger partial charge in [0.2, 0.25) is 15.8 Å². The van der Waals surface area contributed by atoms with Gasteiger partial charge >= 0.3 is 11.8 Å². The van der Waals surface area contributed by atoms with Crippen LogP contribution in [0.1, 0.15) is 56.1 Å². The van der Waals surface area contributed by atoms with Crippen molar-refractivity contribution in [2.75, 3.05) is 32.7 Å². The van der Waals surface area contributed by atoms with Crippen LogP contribution in [-0.4, -0.2) is 72.4 Å². The molecule has 9 nitrogen and oxygen atoms in total. The van der Waals surface area contributed by atoms with Crippen LogP contribution in [0.5, 0.6) is 0 Å². The largest absolute Gasteiger partial charge is 0.346 e. The molecule has 1 aromatic carbocycles. The third-order valence-corrected chi connectivity index (χ3v) is 8.25. The smallest absolute Gasteiger partial charge is 0.316 e. The van der Waals surface area contributed by atoms with Crippen molar-refractivity contribution >= 4 is 15.9 Å². The summed E-state index contributed by atoms with van der Waals surface area (Å²) in [6, 6.07) is 6.75. The van der Waals surface area contributed by atoms with E-state index in [4.69, 9.17) is 4.52 Å². The van der Waals surface area contributed by atoms with E-state index in [1.165, 1.54) is 0 Å². The van der Waals surface area contributed by atoms with E-state index in [2.05, 4.69) is 27.3 Å². The molecule has 1 atom stereocenters. The maximum absolute atomic E-state index is 12.9. The van der Waals surface area contributed by atoms with Crippen molar-refractivity contribution in [3.05, 3.63) is 30.2 Å². The van der Waals surface area contributed by atoms with Crippen LogP contribution in [0.2, 0.25) is 0 Å². The maximum Gasteiger partial charge on any atom is 0.316 e. The van der Waals surface area contributed by atoms with Crippen molar-refractivity contribution in [2.45, 2.75) is 56.4 Å². The second-order valence-electron chi connectivity index (χ2n) is 8.40. The Balaban J connectivity index is 1.40. The van der Waals surface area contributed by atoms with Gasteiger partial charge in [0.15, 0.2) is 0 Å². The third-order valence-electron chi connectivity index (χ3n) is 6.34. The number of sulfonamides is 1. The van der Waals surface area contributed by atoms with Gasteiger partial charge < -0.3 is 9.84 Å². The fraction of sp³-hybridized carbons (Fsp3) is 0.591. The summed E-state index contributed by atoms with van der Waals surface area (Å²) in [5.41, 5.74) is 0.593. The van der Waals surface area contributed by atoms with Gasteiger partial charge in [-0.3, -0.25) is 9.69 Å². The standard InChI is InChI=1S/C22H31N5O4S/c1-2-26-13-7-8-18(26)16-23-21(28)22-24-20(25-31-22)17-9-11-19(12-10-17)32(29,30)27-14-5-3-4-6-15-27/h9-12,18H,2-8,13-16H2,1H3,(H,23,28)/t18-/m0/s1. The molecule has 1 aromatic heterocycles. The first-order chi connectivity index (χ1) is 15.5. The van der Waals surface area contributed by atoms with Crippen LogP contribution in [0.15, 0.2) is 33.7 Å². The highest BCUT2D eigenvalue weighted by Crippen LogP contribution is 2.23. The van der Waals surface area contributed by atoms with Gasteiger partial charge in [-0.1, -0.05) is 24.9 Å². The Morgan fingerprint density at radius 2 is 1.81 bits per heavy atom. The summed E-state index contributed by atoms with van der Waals surface area (Å²) in [6.07, 6.45) is 6.12. The number of likely N-dealkylation sites (N-methyl/N-ethyl adjacent to an activating group) is 1. The normalized spacial score (nSPS) is 20.8. The molecule has 1 N–H and O–H groups in total. The number of rotatable bonds is 7. The number of amides is 1. The number of likely N-dealkylation sites (tertiary alicyclic amines) is 1. The van der Waals surface area contributed by atoms with E-state index >= 15 is 0 Å². The minimum atomic E-state index is -3.51. The van der Waals surface area contributed by atoms with Crippen LogP contribution in [0, 0.1) is 0 Å². The number of hydrogen-bond donors (Lipinski definition) is 1. The molecule has 0 radical (unpaired) electrons. The molecule has 10 heteroatoms. The minimum Gasteiger partial charge on any atom is -0.346 e.